The van der Waals surface area contributed by atoms with E-state index in [1.54, 1.807) is 0 Å². The van der Waals surface area contributed by atoms with Gasteiger partial charge in [0.05, 0.1) is 13.2 Å². The third-order valence-corrected chi connectivity index (χ3v) is 6.40. The van der Waals surface area contributed by atoms with Gasteiger partial charge in [0, 0.05) is 76.9 Å². The van der Waals surface area contributed by atoms with Gasteiger partial charge >= 0.3 is 0 Å². The summed E-state index contributed by atoms with van der Waals surface area (Å²) in [6.07, 6.45) is 0.896. The van der Waals surface area contributed by atoms with E-state index in [9.17, 15) is 0 Å². The highest BCUT2D eigenvalue weighted by molar-refractivity contribution is 14.0. The molecule has 0 aromatic carbocycles. The largest absolute Gasteiger partial charge is 0.379 e. The van der Waals surface area contributed by atoms with Crippen LogP contribution in [0.5, 0.6) is 0 Å². The normalized spacial score (nSPS) is 20.0. The minimum atomic E-state index is 0. The van der Waals surface area contributed by atoms with Crippen LogP contribution in [-0.4, -0.2) is 97.2 Å². The molecule has 2 aliphatic heterocycles. The first-order valence-corrected chi connectivity index (χ1v) is 11.2. The van der Waals surface area contributed by atoms with Crippen molar-refractivity contribution in [1.82, 2.24) is 24.5 Å². The lowest BCUT2D eigenvalue weighted by molar-refractivity contribution is 0.00739. The summed E-state index contributed by atoms with van der Waals surface area (Å²) in [6, 6.07) is 0.496. The summed E-state index contributed by atoms with van der Waals surface area (Å²) in [6.45, 7) is 15.1. The van der Waals surface area contributed by atoms with Crippen molar-refractivity contribution in [2.75, 3.05) is 71.0 Å². The number of guanidine groups is 1. The number of nitrogens with one attached hydrogen (secondary N) is 1. The second-order valence-electron chi connectivity index (χ2n) is 7.71. The number of aliphatic imine (C=N–C) groups is 1. The molecule has 8 nitrogen and oxygen atoms in total. The van der Waals surface area contributed by atoms with Crippen molar-refractivity contribution in [2.45, 2.75) is 33.2 Å². The van der Waals surface area contributed by atoms with Gasteiger partial charge in [-0.3, -0.25) is 9.89 Å². The molecule has 0 spiro atoms. The number of piperazine rings is 1. The lowest BCUT2D eigenvalue weighted by Crippen LogP contribution is -2.56. The van der Waals surface area contributed by atoms with Gasteiger partial charge in [-0.1, -0.05) is 20.8 Å². The van der Waals surface area contributed by atoms with Crippen LogP contribution in [-0.2, 0) is 11.2 Å². The Balaban J connectivity index is 0.00000300. The lowest BCUT2D eigenvalue weighted by Gasteiger charge is -2.39. The number of aromatic nitrogens is 2. The third-order valence-electron chi connectivity index (χ3n) is 5.59. The quantitative estimate of drug-likeness (QED) is 0.337. The summed E-state index contributed by atoms with van der Waals surface area (Å²) < 4.78 is 9.93. The van der Waals surface area contributed by atoms with Crippen LogP contribution in [0.4, 0.5) is 5.13 Å². The predicted octanol–water partition coefficient (Wildman–Crippen LogP) is 1.77. The van der Waals surface area contributed by atoms with E-state index >= 15 is 0 Å². The number of halogens is 1. The molecule has 0 radical (unpaired) electrons. The summed E-state index contributed by atoms with van der Waals surface area (Å²) in [7, 11) is 1.88. The van der Waals surface area contributed by atoms with Crippen molar-refractivity contribution in [1.29, 1.82) is 0 Å². The topological polar surface area (TPSA) is 69.1 Å². The molecule has 0 amide bonds. The van der Waals surface area contributed by atoms with Gasteiger partial charge in [-0.25, -0.2) is 4.98 Å². The fourth-order valence-electron chi connectivity index (χ4n) is 3.85. The van der Waals surface area contributed by atoms with E-state index in [0.29, 0.717) is 12.0 Å². The van der Waals surface area contributed by atoms with Gasteiger partial charge < -0.3 is 19.9 Å². The highest BCUT2D eigenvalue weighted by Gasteiger charge is 2.26. The highest BCUT2D eigenvalue weighted by atomic mass is 127. The molecular formula is C19H36IN7OS. The van der Waals surface area contributed by atoms with Crippen LogP contribution in [0.25, 0.3) is 0 Å². The van der Waals surface area contributed by atoms with Crippen molar-refractivity contribution in [3.8, 4) is 0 Å². The molecule has 3 rings (SSSR count). The van der Waals surface area contributed by atoms with E-state index in [1.165, 1.54) is 11.5 Å². The number of aryl methyl sites for hydroxylation is 1. The number of anilines is 1. The molecule has 1 aromatic heterocycles. The molecule has 0 saturated carbocycles. The Morgan fingerprint density at radius 2 is 1.86 bits per heavy atom. The Kier molecular flexibility index (Phi) is 10.3. The molecule has 1 aromatic rings. The Morgan fingerprint density at radius 3 is 2.41 bits per heavy atom. The van der Waals surface area contributed by atoms with Crippen LogP contribution in [0.3, 0.4) is 0 Å². The number of ether oxygens (including phenoxy) is 1. The molecule has 166 valence electrons. The van der Waals surface area contributed by atoms with Crippen LogP contribution in [0.15, 0.2) is 4.99 Å². The van der Waals surface area contributed by atoms with Crippen molar-refractivity contribution in [3.05, 3.63) is 5.82 Å². The first-order valence-electron chi connectivity index (χ1n) is 10.5. The Labute approximate surface area is 196 Å². The van der Waals surface area contributed by atoms with E-state index in [-0.39, 0.29) is 24.0 Å². The van der Waals surface area contributed by atoms with Gasteiger partial charge in [-0.15, -0.1) is 24.0 Å². The maximum Gasteiger partial charge on any atom is 0.205 e. The van der Waals surface area contributed by atoms with Crippen molar-refractivity contribution >= 4 is 46.6 Å². The summed E-state index contributed by atoms with van der Waals surface area (Å²) >= 11 is 1.51. The number of morpholine rings is 1. The van der Waals surface area contributed by atoms with Gasteiger partial charge in [0.2, 0.25) is 5.13 Å². The molecule has 0 aliphatic carbocycles. The van der Waals surface area contributed by atoms with E-state index in [1.807, 2.05) is 7.05 Å². The summed E-state index contributed by atoms with van der Waals surface area (Å²) in [5, 5.41) is 4.68. The smallest absolute Gasteiger partial charge is 0.205 e. The average molecular weight is 538 g/mol. The van der Waals surface area contributed by atoms with E-state index < -0.39 is 0 Å². The zero-order chi connectivity index (χ0) is 19.9. The van der Waals surface area contributed by atoms with Gasteiger partial charge in [0.25, 0.3) is 0 Å². The van der Waals surface area contributed by atoms with Crippen LogP contribution < -0.4 is 10.2 Å². The summed E-state index contributed by atoms with van der Waals surface area (Å²) in [5.74, 6) is 2.54. The Bertz CT molecular complexity index is 628. The molecule has 0 bridgehead atoms. The minimum Gasteiger partial charge on any atom is -0.379 e. The van der Waals surface area contributed by atoms with Crippen molar-refractivity contribution in [3.63, 3.8) is 0 Å². The minimum absolute atomic E-state index is 0. The lowest BCUT2D eigenvalue weighted by atomic mass is 10.0. The van der Waals surface area contributed by atoms with Crippen molar-refractivity contribution in [2.24, 2.45) is 10.9 Å². The van der Waals surface area contributed by atoms with Gasteiger partial charge in [-0.2, -0.15) is 4.37 Å². The standard InChI is InChI=1S/C19H35N7OS.HI/c1-5-17-22-19(28-23-17)26-8-6-25(7-9-26)18(20-4)21-14-16(15(2)3)24-10-12-27-13-11-24;/h15-16H,5-14H2,1-4H3,(H,20,21);1H. The number of hydrogen-bond donors (Lipinski definition) is 1. The molecule has 10 heteroatoms. The monoisotopic (exact) mass is 537 g/mol. The zero-order valence-corrected chi connectivity index (χ0v) is 21.3. The fraction of sp³-hybridized carbons (Fsp3) is 0.842. The van der Waals surface area contributed by atoms with E-state index in [4.69, 9.17) is 4.74 Å². The van der Waals surface area contributed by atoms with Crippen LogP contribution in [0.1, 0.15) is 26.6 Å². The molecule has 2 fully saturated rings. The molecule has 2 aliphatic rings. The molecule has 1 N–H and O–H groups in total. The van der Waals surface area contributed by atoms with E-state index in [2.05, 4.69) is 55.1 Å². The maximum absolute atomic E-state index is 5.52. The summed E-state index contributed by atoms with van der Waals surface area (Å²) in [4.78, 5) is 16.4. The molecule has 3 heterocycles. The van der Waals surface area contributed by atoms with Crippen molar-refractivity contribution < 1.29 is 4.74 Å². The molecule has 29 heavy (non-hydrogen) atoms. The Hall–Kier alpha value is -0.720. The predicted molar refractivity (Wildman–Crippen MR) is 131 cm³/mol. The second-order valence-corrected chi connectivity index (χ2v) is 8.44. The third kappa shape index (κ3) is 6.63. The first-order chi connectivity index (χ1) is 13.6. The van der Waals surface area contributed by atoms with E-state index in [0.717, 1.165) is 82.4 Å². The zero-order valence-electron chi connectivity index (χ0n) is 18.1. The number of rotatable bonds is 6. The fourth-order valence-corrected chi connectivity index (χ4v) is 4.65. The SMILES string of the molecule is CCc1nsc(N2CCN(C(=NC)NCC(C(C)C)N3CCOCC3)CC2)n1.I. The second kappa shape index (κ2) is 12.2. The van der Waals surface area contributed by atoms with Crippen LogP contribution in [0.2, 0.25) is 0 Å². The van der Waals surface area contributed by atoms with Gasteiger partial charge in [-0.05, 0) is 5.92 Å². The Morgan fingerprint density at radius 1 is 1.17 bits per heavy atom. The van der Waals surface area contributed by atoms with Gasteiger partial charge in [0.1, 0.15) is 5.82 Å². The summed E-state index contributed by atoms with van der Waals surface area (Å²) in [5.41, 5.74) is 0. The number of hydrogen-bond acceptors (Lipinski definition) is 7. The molecule has 2 saturated heterocycles. The highest BCUT2D eigenvalue weighted by Crippen LogP contribution is 2.19. The molecule has 1 unspecified atom stereocenters. The number of nitrogens with zero attached hydrogens (tertiary/aromatic N) is 6. The molecule has 1 atom stereocenters. The first kappa shape index (κ1) is 24.5. The average Bonchev–Trinajstić information content (AvgIpc) is 3.21. The maximum atomic E-state index is 5.52. The van der Waals surface area contributed by atoms with Crippen LogP contribution in [0, 0.1) is 5.92 Å². The molecular weight excluding hydrogens is 501 g/mol. The van der Waals surface area contributed by atoms with Gasteiger partial charge in [0.15, 0.2) is 5.96 Å². The van der Waals surface area contributed by atoms with Crippen LogP contribution >= 0.6 is 35.5 Å².